The Kier molecular flexibility index (Phi) is 5.64. The van der Waals surface area contributed by atoms with Gasteiger partial charge in [0.1, 0.15) is 0 Å². The van der Waals surface area contributed by atoms with E-state index in [1.807, 2.05) is 13.8 Å². The van der Waals surface area contributed by atoms with Gasteiger partial charge >= 0.3 is 0 Å². The van der Waals surface area contributed by atoms with Gasteiger partial charge in [0.05, 0.1) is 12.2 Å². The Morgan fingerprint density at radius 1 is 0.900 bits per heavy atom. The van der Waals surface area contributed by atoms with Crippen LogP contribution in [0.2, 0.25) is 0 Å². The minimum absolute atomic E-state index is 0.441. The van der Waals surface area contributed by atoms with Crippen molar-refractivity contribution in [1.29, 1.82) is 0 Å². The fourth-order valence-electron chi connectivity index (χ4n) is 1.09. The van der Waals surface area contributed by atoms with Crippen LogP contribution in [0.4, 0.5) is 0 Å². The van der Waals surface area contributed by atoms with E-state index in [2.05, 4.69) is 0 Å². The molecule has 2 nitrogen and oxygen atoms in total. The van der Waals surface area contributed by atoms with Crippen molar-refractivity contribution in [1.82, 2.24) is 0 Å². The summed E-state index contributed by atoms with van der Waals surface area (Å²) in [5, 5.41) is 17.9. The van der Waals surface area contributed by atoms with Crippen LogP contribution in [0.3, 0.4) is 0 Å². The zero-order valence-corrected chi connectivity index (χ0v) is 6.88. The lowest BCUT2D eigenvalue weighted by Gasteiger charge is -2.22. The number of aliphatic hydroxyl groups is 2. The van der Waals surface area contributed by atoms with Gasteiger partial charge in [-0.25, -0.2) is 0 Å². The Morgan fingerprint density at radius 2 is 1.20 bits per heavy atom. The maximum absolute atomic E-state index is 8.93. The van der Waals surface area contributed by atoms with Crippen LogP contribution < -0.4 is 0 Å². The Hall–Kier alpha value is -0.0800. The number of hydrogen-bond donors (Lipinski definition) is 2. The molecule has 62 valence electrons. The van der Waals surface area contributed by atoms with Crippen LogP contribution in [0.1, 0.15) is 39.5 Å². The summed E-state index contributed by atoms with van der Waals surface area (Å²) < 4.78 is 0. The largest absolute Gasteiger partial charge is 0.390 e. The topological polar surface area (TPSA) is 40.5 Å². The highest BCUT2D eigenvalue weighted by atomic mass is 16.3. The van der Waals surface area contributed by atoms with Crippen molar-refractivity contribution in [3.63, 3.8) is 0 Å². The van der Waals surface area contributed by atoms with Gasteiger partial charge in [0, 0.05) is 0 Å². The van der Waals surface area contributed by atoms with Crippen LogP contribution in [0, 0.1) is 0 Å². The lowest BCUT2D eigenvalue weighted by atomic mass is 9.95. The summed E-state index contributed by atoms with van der Waals surface area (Å²) in [5.41, 5.74) is 0. The van der Waals surface area contributed by atoms with E-state index in [-0.39, 0.29) is 0 Å². The molecule has 1 aliphatic carbocycles. The highest BCUT2D eigenvalue weighted by molar-refractivity contribution is 4.72. The summed E-state index contributed by atoms with van der Waals surface area (Å²) in [7, 11) is 0. The minimum atomic E-state index is -0.441. The van der Waals surface area contributed by atoms with Gasteiger partial charge in [-0.15, -0.1) is 0 Å². The third kappa shape index (κ3) is 3.18. The molecule has 1 fully saturated rings. The third-order valence-electron chi connectivity index (χ3n) is 1.69. The maximum atomic E-state index is 8.93. The van der Waals surface area contributed by atoms with Crippen molar-refractivity contribution < 1.29 is 10.2 Å². The van der Waals surface area contributed by atoms with Crippen molar-refractivity contribution in [2.24, 2.45) is 0 Å². The number of aliphatic hydroxyl groups excluding tert-OH is 2. The molecule has 10 heavy (non-hydrogen) atoms. The number of rotatable bonds is 0. The molecule has 2 N–H and O–H groups in total. The summed E-state index contributed by atoms with van der Waals surface area (Å²) in [5.74, 6) is 0. The molecule has 1 aliphatic rings. The molecule has 0 spiro atoms. The van der Waals surface area contributed by atoms with Crippen molar-refractivity contribution in [3.8, 4) is 0 Å². The normalized spacial score (nSPS) is 32.4. The van der Waals surface area contributed by atoms with E-state index >= 15 is 0 Å². The quantitative estimate of drug-likeness (QED) is 0.541. The molecule has 0 aliphatic heterocycles. The highest BCUT2D eigenvalue weighted by Crippen LogP contribution is 2.17. The van der Waals surface area contributed by atoms with Gasteiger partial charge in [-0.2, -0.15) is 0 Å². The van der Waals surface area contributed by atoms with Gasteiger partial charge in [-0.05, 0) is 12.8 Å². The van der Waals surface area contributed by atoms with Crippen LogP contribution >= 0.6 is 0 Å². The SMILES string of the molecule is CC.OC1CCCCC1O. The van der Waals surface area contributed by atoms with Crippen molar-refractivity contribution in [2.75, 3.05) is 0 Å². The highest BCUT2D eigenvalue weighted by Gasteiger charge is 2.19. The molecule has 2 atom stereocenters. The van der Waals surface area contributed by atoms with E-state index in [1.54, 1.807) is 0 Å². The first kappa shape index (κ1) is 9.92. The van der Waals surface area contributed by atoms with E-state index in [9.17, 15) is 0 Å². The molecule has 0 aromatic heterocycles. The fraction of sp³-hybridized carbons (Fsp3) is 1.00. The Labute approximate surface area is 62.9 Å². The Bertz CT molecular complexity index is 63.7. The summed E-state index contributed by atoms with van der Waals surface area (Å²) in [6.07, 6.45) is 2.81. The monoisotopic (exact) mass is 146 g/mol. The molecule has 0 saturated heterocycles. The molecular weight excluding hydrogens is 128 g/mol. The standard InChI is InChI=1S/C6H12O2.C2H6/c7-5-3-1-2-4-6(5)8;1-2/h5-8H,1-4H2;1-2H3. The first-order chi connectivity index (χ1) is 4.80. The molecule has 0 amide bonds. The van der Waals surface area contributed by atoms with Crippen molar-refractivity contribution >= 4 is 0 Å². The van der Waals surface area contributed by atoms with Gasteiger partial charge in [-0.1, -0.05) is 26.7 Å². The summed E-state index contributed by atoms with van der Waals surface area (Å²) in [6.45, 7) is 4.00. The third-order valence-corrected chi connectivity index (χ3v) is 1.69. The predicted octanol–water partition coefficient (Wildman–Crippen LogP) is 1.31. The van der Waals surface area contributed by atoms with E-state index in [0.717, 1.165) is 25.7 Å². The summed E-state index contributed by atoms with van der Waals surface area (Å²) in [6, 6.07) is 0. The molecule has 0 aromatic rings. The van der Waals surface area contributed by atoms with Gasteiger partial charge in [0.15, 0.2) is 0 Å². The Balaban J connectivity index is 0.000000371. The molecule has 0 heterocycles. The lowest BCUT2D eigenvalue weighted by Crippen LogP contribution is -2.28. The van der Waals surface area contributed by atoms with E-state index < -0.39 is 12.2 Å². The first-order valence-electron chi connectivity index (χ1n) is 4.17. The van der Waals surface area contributed by atoms with Gasteiger partial charge in [0.2, 0.25) is 0 Å². The van der Waals surface area contributed by atoms with E-state index in [4.69, 9.17) is 10.2 Å². The molecule has 0 radical (unpaired) electrons. The van der Waals surface area contributed by atoms with Crippen molar-refractivity contribution in [3.05, 3.63) is 0 Å². The fourth-order valence-corrected chi connectivity index (χ4v) is 1.09. The molecule has 0 aromatic carbocycles. The lowest BCUT2D eigenvalue weighted by molar-refractivity contribution is -0.00865. The molecule has 2 unspecified atom stereocenters. The second-order valence-corrected chi connectivity index (χ2v) is 2.42. The van der Waals surface area contributed by atoms with Gasteiger partial charge < -0.3 is 10.2 Å². The molecular formula is C8H18O2. The van der Waals surface area contributed by atoms with Crippen LogP contribution in [0.25, 0.3) is 0 Å². The van der Waals surface area contributed by atoms with Gasteiger partial charge in [-0.3, -0.25) is 0 Å². The van der Waals surface area contributed by atoms with Crippen LogP contribution in [0.15, 0.2) is 0 Å². The van der Waals surface area contributed by atoms with Gasteiger partial charge in [0.25, 0.3) is 0 Å². The van der Waals surface area contributed by atoms with Crippen LogP contribution in [0.5, 0.6) is 0 Å². The smallest absolute Gasteiger partial charge is 0.0799 e. The van der Waals surface area contributed by atoms with E-state index in [1.165, 1.54) is 0 Å². The zero-order chi connectivity index (χ0) is 7.98. The average Bonchev–Trinajstić information content (AvgIpc) is 2.00. The zero-order valence-electron chi connectivity index (χ0n) is 6.88. The first-order valence-corrected chi connectivity index (χ1v) is 4.17. The summed E-state index contributed by atoms with van der Waals surface area (Å²) >= 11 is 0. The molecule has 1 saturated carbocycles. The van der Waals surface area contributed by atoms with Crippen molar-refractivity contribution in [2.45, 2.75) is 51.7 Å². The molecule has 1 rings (SSSR count). The average molecular weight is 146 g/mol. The van der Waals surface area contributed by atoms with Crippen LogP contribution in [-0.4, -0.2) is 22.4 Å². The van der Waals surface area contributed by atoms with E-state index in [0.29, 0.717) is 0 Å². The predicted molar refractivity (Wildman–Crippen MR) is 41.8 cm³/mol. The Morgan fingerprint density at radius 3 is 1.40 bits per heavy atom. The molecule has 0 bridgehead atoms. The van der Waals surface area contributed by atoms with Crippen LogP contribution in [-0.2, 0) is 0 Å². The molecule has 2 heteroatoms. The summed E-state index contributed by atoms with van der Waals surface area (Å²) in [4.78, 5) is 0. The number of hydrogen-bond acceptors (Lipinski definition) is 2. The second-order valence-electron chi connectivity index (χ2n) is 2.42. The maximum Gasteiger partial charge on any atom is 0.0799 e. The minimum Gasteiger partial charge on any atom is -0.390 e. The second kappa shape index (κ2) is 5.69.